The minimum absolute atomic E-state index is 0.259. The lowest BCUT2D eigenvalue weighted by atomic mass is 10.2. The summed E-state index contributed by atoms with van der Waals surface area (Å²) >= 11 is 6.18. The molecule has 6 nitrogen and oxygen atoms in total. The van der Waals surface area contributed by atoms with Crippen LogP contribution in [0.2, 0.25) is 5.02 Å². The van der Waals surface area contributed by atoms with Crippen LogP contribution in [0.4, 0.5) is 5.69 Å². The first kappa shape index (κ1) is 22.4. The van der Waals surface area contributed by atoms with Crippen LogP contribution < -0.4 is 20.3 Å². The van der Waals surface area contributed by atoms with Crippen LogP contribution >= 0.6 is 11.6 Å². The van der Waals surface area contributed by atoms with Gasteiger partial charge in [-0.25, -0.2) is 0 Å². The van der Waals surface area contributed by atoms with Gasteiger partial charge in [0.05, 0.1) is 12.8 Å². The van der Waals surface area contributed by atoms with E-state index in [4.69, 9.17) is 16.3 Å². The zero-order valence-electron chi connectivity index (χ0n) is 17.4. The Balaban J connectivity index is 1.45. The van der Waals surface area contributed by atoms with Crippen molar-refractivity contribution in [2.24, 2.45) is 4.99 Å². The molecule has 2 aromatic rings. The zero-order chi connectivity index (χ0) is 21.3. The monoisotopic (exact) mass is 448 g/mol. The average molecular weight is 449 g/mol. The maximum atomic E-state index is 12.3. The second-order valence-electron chi connectivity index (χ2n) is 7.16. The molecule has 30 heavy (non-hydrogen) atoms. The summed E-state index contributed by atoms with van der Waals surface area (Å²) in [7, 11) is 2.52. The normalized spacial score (nSPS) is 17.6. The van der Waals surface area contributed by atoms with E-state index in [0.29, 0.717) is 23.1 Å². The van der Waals surface area contributed by atoms with Gasteiger partial charge in [0.25, 0.3) is 0 Å². The van der Waals surface area contributed by atoms with Crippen LogP contribution in [0.15, 0.2) is 53.5 Å². The van der Waals surface area contributed by atoms with Gasteiger partial charge in [-0.2, -0.15) is 0 Å². The van der Waals surface area contributed by atoms with E-state index in [-0.39, 0.29) is 6.04 Å². The Kier molecular flexibility index (Phi) is 8.39. The summed E-state index contributed by atoms with van der Waals surface area (Å²) in [4.78, 5) is 6.58. The molecule has 1 heterocycles. The van der Waals surface area contributed by atoms with Gasteiger partial charge in [-0.15, -0.1) is 0 Å². The van der Waals surface area contributed by atoms with Crippen LogP contribution in [0.25, 0.3) is 0 Å². The molecule has 162 valence electrons. The molecular formula is C22H29ClN4O2S. The predicted molar refractivity (Wildman–Crippen MR) is 126 cm³/mol. The minimum Gasteiger partial charge on any atom is -0.495 e. The molecule has 0 aromatic heterocycles. The van der Waals surface area contributed by atoms with Crippen LogP contribution in [0.5, 0.6) is 5.75 Å². The molecule has 1 aliphatic heterocycles. The first-order chi connectivity index (χ1) is 14.6. The Bertz CT molecular complexity index is 879. The molecule has 1 saturated heterocycles. The van der Waals surface area contributed by atoms with Crippen LogP contribution in [-0.4, -0.2) is 55.8 Å². The summed E-state index contributed by atoms with van der Waals surface area (Å²) in [5.41, 5.74) is 2.11. The van der Waals surface area contributed by atoms with Gasteiger partial charge < -0.3 is 20.3 Å². The van der Waals surface area contributed by atoms with Crippen molar-refractivity contribution in [3.8, 4) is 5.75 Å². The number of anilines is 1. The number of aliphatic imine (C=N–C) groups is 1. The van der Waals surface area contributed by atoms with Gasteiger partial charge in [-0.1, -0.05) is 41.9 Å². The molecule has 1 fully saturated rings. The Morgan fingerprint density at radius 1 is 1.30 bits per heavy atom. The Morgan fingerprint density at radius 2 is 2.10 bits per heavy atom. The lowest BCUT2D eigenvalue weighted by Gasteiger charge is -2.22. The van der Waals surface area contributed by atoms with Crippen molar-refractivity contribution in [3.63, 3.8) is 0 Å². The van der Waals surface area contributed by atoms with Crippen LogP contribution in [-0.2, 0) is 16.6 Å². The molecule has 2 N–H and O–H groups in total. The van der Waals surface area contributed by atoms with Crippen molar-refractivity contribution in [1.82, 2.24) is 10.6 Å². The topological polar surface area (TPSA) is 66.0 Å². The number of guanidine groups is 1. The van der Waals surface area contributed by atoms with Gasteiger partial charge in [-0.05, 0) is 30.2 Å². The van der Waals surface area contributed by atoms with Crippen molar-refractivity contribution in [3.05, 3.63) is 59.1 Å². The molecule has 3 rings (SSSR count). The first-order valence-electron chi connectivity index (χ1n) is 10.0. The van der Waals surface area contributed by atoms with Crippen molar-refractivity contribution < 1.29 is 8.95 Å². The Labute approximate surface area is 186 Å². The first-order valence-corrected chi connectivity index (χ1v) is 11.9. The van der Waals surface area contributed by atoms with E-state index in [2.05, 4.69) is 20.5 Å². The van der Waals surface area contributed by atoms with E-state index in [9.17, 15) is 4.21 Å². The minimum atomic E-state index is -0.910. The van der Waals surface area contributed by atoms with Crippen molar-refractivity contribution in [2.75, 3.05) is 44.4 Å². The number of hydrogen-bond acceptors (Lipinski definition) is 4. The lowest BCUT2D eigenvalue weighted by molar-refractivity contribution is 0.415. The van der Waals surface area contributed by atoms with Crippen molar-refractivity contribution >= 4 is 34.0 Å². The van der Waals surface area contributed by atoms with E-state index < -0.39 is 10.8 Å². The summed E-state index contributed by atoms with van der Waals surface area (Å²) in [6, 6.07) is 15.9. The van der Waals surface area contributed by atoms with Crippen LogP contribution in [0, 0.1) is 0 Å². The number of halogens is 1. The SMILES string of the molecule is CN=C(NCCS(=O)Cc1ccccc1)NC1CCN(c2cc(Cl)ccc2OC)C1. The molecule has 1 aliphatic rings. The summed E-state index contributed by atoms with van der Waals surface area (Å²) < 4.78 is 17.8. The third kappa shape index (κ3) is 6.37. The maximum Gasteiger partial charge on any atom is 0.191 e. The van der Waals surface area contributed by atoms with Gasteiger partial charge in [0.1, 0.15) is 5.75 Å². The molecule has 2 atom stereocenters. The molecular weight excluding hydrogens is 420 g/mol. The second-order valence-corrected chi connectivity index (χ2v) is 9.18. The number of nitrogens with one attached hydrogen (secondary N) is 2. The molecule has 2 aromatic carbocycles. The zero-order valence-corrected chi connectivity index (χ0v) is 19.0. The predicted octanol–water partition coefficient (Wildman–Crippen LogP) is 3.04. The van der Waals surface area contributed by atoms with E-state index in [1.807, 2.05) is 48.5 Å². The third-order valence-electron chi connectivity index (χ3n) is 5.03. The Hall–Kier alpha value is -2.25. The van der Waals surface area contributed by atoms with Gasteiger partial charge in [0.15, 0.2) is 5.96 Å². The highest BCUT2D eigenvalue weighted by Crippen LogP contribution is 2.33. The van der Waals surface area contributed by atoms with E-state index in [0.717, 1.165) is 42.5 Å². The molecule has 0 spiro atoms. The summed E-state index contributed by atoms with van der Waals surface area (Å²) in [5, 5.41) is 7.44. The van der Waals surface area contributed by atoms with Gasteiger partial charge in [0, 0.05) is 60.1 Å². The van der Waals surface area contributed by atoms with E-state index >= 15 is 0 Å². The summed E-state index contributed by atoms with van der Waals surface area (Å²) in [5.74, 6) is 2.71. The standard InChI is InChI=1S/C22H29ClN4O2S/c1-24-22(25-11-13-30(28)16-17-6-4-3-5-7-17)26-19-10-12-27(15-19)20-14-18(23)8-9-21(20)29-2/h3-9,14,19H,10-13,15-16H2,1-2H3,(H2,24,25,26). The molecule has 0 aliphatic carbocycles. The fourth-order valence-corrected chi connectivity index (χ4v) is 4.72. The molecule has 8 heteroatoms. The van der Waals surface area contributed by atoms with E-state index in [1.165, 1.54) is 0 Å². The fraction of sp³-hybridized carbons (Fsp3) is 0.409. The van der Waals surface area contributed by atoms with Crippen LogP contribution in [0.3, 0.4) is 0 Å². The number of methoxy groups -OCH3 is 1. The highest BCUT2D eigenvalue weighted by Gasteiger charge is 2.25. The molecule has 0 saturated carbocycles. The van der Waals surface area contributed by atoms with E-state index in [1.54, 1.807) is 14.2 Å². The number of rotatable bonds is 8. The largest absolute Gasteiger partial charge is 0.495 e. The molecule has 0 amide bonds. The van der Waals surface area contributed by atoms with Crippen LogP contribution in [0.1, 0.15) is 12.0 Å². The summed E-state index contributed by atoms with van der Waals surface area (Å²) in [6.45, 7) is 2.35. The quantitative estimate of drug-likeness (QED) is 0.480. The smallest absolute Gasteiger partial charge is 0.191 e. The van der Waals surface area contributed by atoms with Gasteiger partial charge in [0.2, 0.25) is 0 Å². The highest BCUT2D eigenvalue weighted by molar-refractivity contribution is 7.84. The average Bonchev–Trinajstić information content (AvgIpc) is 3.22. The van der Waals surface area contributed by atoms with Crippen molar-refractivity contribution in [1.29, 1.82) is 0 Å². The molecule has 2 unspecified atom stereocenters. The number of ether oxygens (including phenoxy) is 1. The lowest BCUT2D eigenvalue weighted by Crippen LogP contribution is -2.45. The third-order valence-corrected chi connectivity index (χ3v) is 6.58. The molecule has 0 radical (unpaired) electrons. The van der Waals surface area contributed by atoms with Crippen molar-refractivity contribution in [2.45, 2.75) is 18.2 Å². The molecule has 0 bridgehead atoms. The summed E-state index contributed by atoms with van der Waals surface area (Å²) in [6.07, 6.45) is 0.982. The number of benzene rings is 2. The Morgan fingerprint density at radius 3 is 2.83 bits per heavy atom. The second kappa shape index (κ2) is 11.2. The number of hydrogen-bond donors (Lipinski definition) is 2. The number of nitrogens with zero attached hydrogens (tertiary/aromatic N) is 2. The maximum absolute atomic E-state index is 12.3. The highest BCUT2D eigenvalue weighted by atomic mass is 35.5. The fourth-order valence-electron chi connectivity index (χ4n) is 3.51. The van der Waals surface area contributed by atoms with Gasteiger partial charge >= 0.3 is 0 Å². The van der Waals surface area contributed by atoms with Gasteiger partial charge in [-0.3, -0.25) is 9.20 Å².